The number of rotatable bonds is 2. The van der Waals surface area contributed by atoms with Crippen molar-refractivity contribution in [2.45, 2.75) is 0 Å². The van der Waals surface area contributed by atoms with E-state index in [0.717, 1.165) is 4.31 Å². The van der Waals surface area contributed by atoms with Crippen LogP contribution in [0.2, 0.25) is 0 Å². The molecular weight excluding hydrogens is 130 g/mol. The average Bonchev–Trinajstić information content (AvgIpc) is 1.67. The van der Waals surface area contributed by atoms with E-state index in [1.165, 1.54) is 14.1 Å². The van der Waals surface area contributed by atoms with Crippen LogP contribution < -0.4 is 10.7 Å². The summed E-state index contributed by atoms with van der Waals surface area (Å²) in [7, 11) is -0.607. The van der Waals surface area contributed by atoms with Gasteiger partial charge in [-0.3, -0.25) is 5.84 Å². The molecule has 0 atom stereocenters. The van der Waals surface area contributed by atoms with E-state index < -0.39 is 10.2 Å². The third-order valence-electron chi connectivity index (χ3n) is 0.630. The number of hydrogen-bond donors (Lipinski definition) is 2. The van der Waals surface area contributed by atoms with E-state index in [9.17, 15) is 8.42 Å². The molecule has 8 heavy (non-hydrogen) atoms. The molecule has 5 nitrogen and oxygen atoms in total. The Kier molecular flexibility index (Phi) is 2.35. The molecule has 0 fully saturated rings. The minimum atomic E-state index is -3.38. The quantitative estimate of drug-likeness (QED) is 0.352. The van der Waals surface area contributed by atoms with Crippen molar-refractivity contribution in [2.75, 3.05) is 14.1 Å². The molecule has 3 N–H and O–H groups in total. The molecule has 6 heteroatoms. The van der Waals surface area contributed by atoms with Crippen LogP contribution in [0.4, 0.5) is 0 Å². The maximum absolute atomic E-state index is 10.4. The van der Waals surface area contributed by atoms with Crippen molar-refractivity contribution >= 4 is 10.2 Å². The zero-order chi connectivity index (χ0) is 6.78. The molecule has 0 aliphatic heterocycles. The number of nitrogens with two attached hydrogens (primary N) is 1. The van der Waals surface area contributed by atoms with Gasteiger partial charge in [0.1, 0.15) is 0 Å². The van der Waals surface area contributed by atoms with Crippen molar-refractivity contribution in [3.05, 3.63) is 0 Å². The van der Waals surface area contributed by atoms with Gasteiger partial charge >= 0.3 is 0 Å². The largest absolute Gasteiger partial charge is 0.291 e. The van der Waals surface area contributed by atoms with E-state index in [1.807, 2.05) is 0 Å². The van der Waals surface area contributed by atoms with Crippen LogP contribution >= 0.6 is 0 Å². The highest BCUT2D eigenvalue weighted by atomic mass is 32.2. The number of hydrogen-bond acceptors (Lipinski definition) is 3. The fourth-order valence-electron chi connectivity index (χ4n) is 0.105. The fourth-order valence-corrected chi connectivity index (χ4v) is 0.316. The van der Waals surface area contributed by atoms with Gasteiger partial charge in [0.15, 0.2) is 0 Å². The summed E-state index contributed by atoms with van der Waals surface area (Å²) in [5, 5.41) is 0. The number of nitrogens with zero attached hydrogens (tertiary/aromatic N) is 1. The van der Waals surface area contributed by atoms with E-state index in [0.29, 0.717) is 0 Å². The summed E-state index contributed by atoms with van der Waals surface area (Å²) in [6.07, 6.45) is 0. The molecule has 0 radical (unpaired) electrons. The highest BCUT2D eigenvalue weighted by Crippen LogP contribution is 1.81. The van der Waals surface area contributed by atoms with Crippen molar-refractivity contribution in [1.29, 1.82) is 0 Å². The molecule has 0 bridgehead atoms. The van der Waals surface area contributed by atoms with Crippen LogP contribution in [0.15, 0.2) is 0 Å². The van der Waals surface area contributed by atoms with Gasteiger partial charge in [-0.05, 0) is 0 Å². The smallest absolute Gasteiger partial charge is 0.257 e. The summed E-state index contributed by atoms with van der Waals surface area (Å²) in [5.41, 5.74) is 0. The number of nitrogens with one attached hydrogen (secondary N) is 1. The summed E-state index contributed by atoms with van der Waals surface area (Å²) >= 11 is 0. The summed E-state index contributed by atoms with van der Waals surface area (Å²) in [6.45, 7) is 0. The van der Waals surface area contributed by atoms with Crippen LogP contribution in [-0.2, 0) is 10.2 Å². The Labute approximate surface area is 48.6 Å². The van der Waals surface area contributed by atoms with Gasteiger partial charge in [-0.25, -0.2) is 0 Å². The van der Waals surface area contributed by atoms with Gasteiger partial charge in [0.25, 0.3) is 10.2 Å². The molecule has 0 rings (SSSR count). The Morgan fingerprint density at radius 2 is 1.88 bits per heavy atom. The van der Waals surface area contributed by atoms with Crippen LogP contribution in [0.25, 0.3) is 0 Å². The highest BCUT2D eigenvalue weighted by molar-refractivity contribution is 7.87. The molecule has 0 aromatic carbocycles. The van der Waals surface area contributed by atoms with Crippen molar-refractivity contribution in [3.8, 4) is 0 Å². The molecule has 0 aliphatic carbocycles. The van der Waals surface area contributed by atoms with Crippen molar-refractivity contribution in [3.63, 3.8) is 0 Å². The molecule has 0 spiro atoms. The first-order valence-corrected chi connectivity index (χ1v) is 3.34. The highest BCUT2D eigenvalue weighted by Gasteiger charge is 2.07. The second kappa shape index (κ2) is 2.40. The zero-order valence-corrected chi connectivity index (χ0v) is 5.57. The van der Waals surface area contributed by atoms with Crippen molar-refractivity contribution < 1.29 is 8.42 Å². The molecule has 0 saturated carbocycles. The molecule has 0 unspecified atom stereocenters. The third kappa shape index (κ3) is 1.74. The molecule has 0 heterocycles. The molecule has 0 saturated heterocycles. The lowest BCUT2D eigenvalue weighted by molar-refractivity contribution is 0.507. The average molecular weight is 139 g/mol. The summed E-state index contributed by atoms with van der Waals surface area (Å²) in [5.74, 6) is 4.63. The summed E-state index contributed by atoms with van der Waals surface area (Å²) < 4.78 is 21.8. The summed E-state index contributed by atoms with van der Waals surface area (Å²) in [4.78, 5) is 1.64. The van der Waals surface area contributed by atoms with Gasteiger partial charge in [0.2, 0.25) is 0 Å². The van der Waals surface area contributed by atoms with Crippen LogP contribution in [0, 0.1) is 0 Å². The molecular formula is C2H9N3O2S. The van der Waals surface area contributed by atoms with Gasteiger partial charge in [0.05, 0.1) is 0 Å². The Morgan fingerprint density at radius 1 is 1.50 bits per heavy atom. The summed E-state index contributed by atoms with van der Waals surface area (Å²) in [6, 6.07) is 0. The number of hydrazine groups is 1. The van der Waals surface area contributed by atoms with Gasteiger partial charge in [0, 0.05) is 14.1 Å². The maximum Gasteiger partial charge on any atom is 0.291 e. The SMILES string of the molecule is CN(C)S(=O)(=O)NN. The predicted octanol–water partition coefficient (Wildman–Crippen LogP) is -1.74. The van der Waals surface area contributed by atoms with E-state index in [1.54, 1.807) is 4.83 Å². The van der Waals surface area contributed by atoms with E-state index in [4.69, 9.17) is 0 Å². The first kappa shape index (κ1) is 7.83. The van der Waals surface area contributed by atoms with E-state index >= 15 is 0 Å². The minimum Gasteiger partial charge on any atom is -0.257 e. The van der Waals surface area contributed by atoms with Crippen molar-refractivity contribution in [2.24, 2.45) is 5.84 Å². The lowest BCUT2D eigenvalue weighted by atomic mass is 11.3. The van der Waals surface area contributed by atoms with Crippen LogP contribution in [-0.4, -0.2) is 26.8 Å². The van der Waals surface area contributed by atoms with E-state index in [2.05, 4.69) is 5.84 Å². The lowest BCUT2D eigenvalue weighted by Crippen LogP contribution is -2.39. The van der Waals surface area contributed by atoms with Gasteiger partial charge in [-0.2, -0.15) is 12.7 Å². The Morgan fingerprint density at radius 3 is 1.88 bits per heavy atom. The van der Waals surface area contributed by atoms with Crippen LogP contribution in [0.1, 0.15) is 0 Å². The Hall–Kier alpha value is -0.170. The molecule has 0 aliphatic rings. The maximum atomic E-state index is 10.4. The first-order chi connectivity index (χ1) is 3.50. The van der Waals surface area contributed by atoms with Crippen LogP contribution in [0.3, 0.4) is 0 Å². The lowest BCUT2D eigenvalue weighted by Gasteiger charge is -2.07. The molecule has 0 amide bonds. The standard InChI is InChI=1S/C2H9N3O2S/c1-5(2)8(6,7)4-3/h4H,3H2,1-2H3. The third-order valence-corrected chi connectivity index (χ3v) is 1.89. The fraction of sp³-hybridized carbons (Fsp3) is 1.00. The topological polar surface area (TPSA) is 75.4 Å². The normalized spacial score (nSPS) is 12.5. The van der Waals surface area contributed by atoms with Gasteiger partial charge < -0.3 is 0 Å². The Balaban J connectivity index is 4.17. The van der Waals surface area contributed by atoms with Gasteiger partial charge in [-0.1, -0.05) is 0 Å². The molecule has 0 aromatic rings. The van der Waals surface area contributed by atoms with E-state index in [-0.39, 0.29) is 0 Å². The predicted molar refractivity (Wildman–Crippen MR) is 29.9 cm³/mol. The zero-order valence-electron chi connectivity index (χ0n) is 4.75. The Bertz CT molecular complexity index is 149. The second-order valence-corrected chi connectivity index (χ2v) is 3.32. The van der Waals surface area contributed by atoms with Crippen LogP contribution in [0.5, 0.6) is 0 Å². The molecule has 0 aromatic heterocycles. The first-order valence-electron chi connectivity index (χ1n) is 1.90. The minimum absolute atomic E-state index is 0.979. The monoisotopic (exact) mass is 139 g/mol. The molecule has 50 valence electrons. The van der Waals surface area contributed by atoms with Gasteiger partial charge in [-0.15, -0.1) is 4.83 Å². The second-order valence-electron chi connectivity index (χ2n) is 1.41. The van der Waals surface area contributed by atoms with Crippen molar-refractivity contribution in [1.82, 2.24) is 9.14 Å².